The van der Waals surface area contributed by atoms with Gasteiger partial charge in [-0.25, -0.2) is 0 Å². The summed E-state index contributed by atoms with van der Waals surface area (Å²) in [6.07, 6.45) is 6.87. The summed E-state index contributed by atoms with van der Waals surface area (Å²) >= 11 is 3.12. The molecule has 0 bridgehead atoms. The number of nitrogens with one attached hydrogen (secondary N) is 1. The smallest absolute Gasteiger partial charge is 0.234 e. The zero-order valence-corrected chi connectivity index (χ0v) is 15.2. The lowest BCUT2D eigenvalue weighted by Crippen LogP contribution is -2.15. The number of carbonyl (C=O) groups excluding carboxylic acids is 1. The van der Waals surface area contributed by atoms with Crippen LogP contribution in [0, 0.1) is 0 Å². The van der Waals surface area contributed by atoms with Gasteiger partial charge in [-0.15, -0.1) is 22.0 Å². The molecule has 24 heavy (non-hydrogen) atoms. The first-order valence-corrected chi connectivity index (χ1v) is 10.5. The Bertz CT molecular complexity index is 753. The molecule has 0 spiro atoms. The summed E-state index contributed by atoms with van der Waals surface area (Å²) in [5, 5.41) is 12.6. The van der Waals surface area contributed by atoms with E-state index in [0.29, 0.717) is 17.7 Å². The molecule has 0 atom stereocenters. The van der Waals surface area contributed by atoms with Crippen molar-refractivity contribution in [2.24, 2.45) is 0 Å². The molecule has 1 amide bonds. The van der Waals surface area contributed by atoms with E-state index in [4.69, 9.17) is 0 Å². The van der Waals surface area contributed by atoms with Crippen LogP contribution in [0.15, 0.2) is 34.3 Å². The van der Waals surface area contributed by atoms with E-state index < -0.39 is 0 Å². The third-order valence-electron chi connectivity index (χ3n) is 4.26. The molecule has 126 valence electrons. The summed E-state index contributed by atoms with van der Waals surface area (Å²) in [5.41, 5.74) is 0.873. The molecule has 0 radical (unpaired) electrons. The van der Waals surface area contributed by atoms with Crippen molar-refractivity contribution in [3.05, 3.63) is 30.1 Å². The maximum Gasteiger partial charge on any atom is 0.234 e. The standard InChI is InChI=1S/C17H20N4OS2/c1-23-14-5-3-2-4-13(14)18-15(22)10-24-17-20-19-16(11-6-7-11)21(17)12-8-9-12/h2-5,11-12H,6-10H2,1H3,(H,18,22). The van der Waals surface area contributed by atoms with E-state index in [-0.39, 0.29) is 5.91 Å². The van der Waals surface area contributed by atoms with Gasteiger partial charge in [0.05, 0.1) is 11.4 Å². The van der Waals surface area contributed by atoms with E-state index in [1.807, 2.05) is 30.5 Å². The molecule has 2 fully saturated rings. The zero-order chi connectivity index (χ0) is 16.5. The first-order chi connectivity index (χ1) is 11.8. The second-order valence-electron chi connectivity index (χ2n) is 6.25. The predicted molar refractivity (Wildman–Crippen MR) is 97.8 cm³/mol. The number of para-hydroxylation sites is 1. The quantitative estimate of drug-likeness (QED) is 0.758. The Morgan fingerprint density at radius 1 is 1.25 bits per heavy atom. The minimum Gasteiger partial charge on any atom is -0.324 e. The number of amides is 1. The maximum atomic E-state index is 12.3. The number of anilines is 1. The summed E-state index contributed by atoms with van der Waals surface area (Å²) in [5.74, 6) is 2.08. The molecule has 1 aromatic heterocycles. The predicted octanol–water partition coefficient (Wildman–Crippen LogP) is 3.94. The van der Waals surface area contributed by atoms with Crippen LogP contribution in [0.4, 0.5) is 5.69 Å². The SMILES string of the molecule is CSc1ccccc1NC(=O)CSc1nnc(C2CC2)n1C1CC1. The number of benzene rings is 1. The highest BCUT2D eigenvalue weighted by Gasteiger charge is 2.36. The van der Waals surface area contributed by atoms with Crippen molar-refractivity contribution in [3.8, 4) is 0 Å². The Morgan fingerprint density at radius 2 is 2.04 bits per heavy atom. The lowest BCUT2D eigenvalue weighted by atomic mass is 10.3. The van der Waals surface area contributed by atoms with E-state index in [2.05, 4.69) is 20.1 Å². The van der Waals surface area contributed by atoms with Crippen LogP contribution in [0.2, 0.25) is 0 Å². The Morgan fingerprint density at radius 3 is 2.75 bits per heavy atom. The van der Waals surface area contributed by atoms with Crippen molar-refractivity contribution in [2.75, 3.05) is 17.3 Å². The van der Waals surface area contributed by atoms with Crippen LogP contribution < -0.4 is 5.32 Å². The normalized spacial score (nSPS) is 17.0. The molecular weight excluding hydrogens is 340 g/mol. The summed E-state index contributed by atoms with van der Waals surface area (Å²) in [7, 11) is 0. The van der Waals surface area contributed by atoms with Crippen LogP contribution in [-0.2, 0) is 4.79 Å². The second-order valence-corrected chi connectivity index (χ2v) is 8.04. The average molecular weight is 361 g/mol. The summed E-state index contributed by atoms with van der Waals surface area (Å²) in [6, 6.07) is 8.42. The van der Waals surface area contributed by atoms with Gasteiger partial charge < -0.3 is 9.88 Å². The first-order valence-electron chi connectivity index (χ1n) is 8.26. The van der Waals surface area contributed by atoms with Gasteiger partial charge in [-0.3, -0.25) is 4.79 Å². The number of thioether (sulfide) groups is 2. The number of carbonyl (C=O) groups is 1. The minimum absolute atomic E-state index is 0.000168. The molecule has 2 aliphatic carbocycles. The van der Waals surface area contributed by atoms with E-state index in [1.165, 1.54) is 37.4 Å². The van der Waals surface area contributed by atoms with E-state index in [1.54, 1.807) is 11.8 Å². The zero-order valence-electron chi connectivity index (χ0n) is 13.6. The first kappa shape index (κ1) is 16.0. The van der Waals surface area contributed by atoms with Gasteiger partial charge in [0.25, 0.3) is 0 Å². The number of rotatable bonds is 7. The van der Waals surface area contributed by atoms with Crippen molar-refractivity contribution in [1.82, 2.24) is 14.8 Å². The topological polar surface area (TPSA) is 59.8 Å². The van der Waals surface area contributed by atoms with Gasteiger partial charge in [-0.1, -0.05) is 23.9 Å². The van der Waals surface area contributed by atoms with Gasteiger partial charge in [0, 0.05) is 16.9 Å². The maximum absolute atomic E-state index is 12.3. The average Bonchev–Trinajstić information content (AvgIpc) is 3.52. The van der Waals surface area contributed by atoms with Gasteiger partial charge in [0.2, 0.25) is 5.91 Å². The Labute approximate surface area is 150 Å². The number of hydrogen-bond acceptors (Lipinski definition) is 5. The van der Waals surface area contributed by atoms with Crippen molar-refractivity contribution >= 4 is 35.1 Å². The minimum atomic E-state index is -0.000168. The van der Waals surface area contributed by atoms with Crippen molar-refractivity contribution in [1.29, 1.82) is 0 Å². The Hall–Kier alpha value is -1.47. The van der Waals surface area contributed by atoms with E-state index >= 15 is 0 Å². The van der Waals surface area contributed by atoms with Crippen LogP contribution >= 0.6 is 23.5 Å². The van der Waals surface area contributed by atoms with Gasteiger partial charge in [-0.05, 0) is 44.1 Å². The highest BCUT2D eigenvalue weighted by molar-refractivity contribution is 7.99. The number of nitrogens with zero attached hydrogens (tertiary/aromatic N) is 3. The fraction of sp³-hybridized carbons (Fsp3) is 0.471. The van der Waals surface area contributed by atoms with Crippen LogP contribution in [0.25, 0.3) is 0 Å². The van der Waals surface area contributed by atoms with Crippen molar-refractivity contribution in [2.45, 2.75) is 47.7 Å². The van der Waals surface area contributed by atoms with Crippen LogP contribution in [0.1, 0.15) is 43.5 Å². The molecule has 2 aliphatic rings. The van der Waals surface area contributed by atoms with Gasteiger partial charge in [0.15, 0.2) is 5.16 Å². The van der Waals surface area contributed by atoms with Crippen LogP contribution in [0.5, 0.6) is 0 Å². The molecule has 0 aliphatic heterocycles. The molecule has 4 rings (SSSR count). The fourth-order valence-corrected chi connectivity index (χ4v) is 4.11. The molecule has 1 N–H and O–H groups in total. The van der Waals surface area contributed by atoms with Gasteiger partial charge in [0.1, 0.15) is 5.82 Å². The second kappa shape index (κ2) is 6.80. The van der Waals surface area contributed by atoms with Crippen molar-refractivity contribution < 1.29 is 4.79 Å². The fourth-order valence-electron chi connectivity index (χ4n) is 2.75. The molecule has 2 saturated carbocycles. The number of aromatic nitrogens is 3. The van der Waals surface area contributed by atoms with Crippen LogP contribution in [-0.4, -0.2) is 32.7 Å². The lowest BCUT2D eigenvalue weighted by Gasteiger charge is -2.10. The Balaban J connectivity index is 1.41. The van der Waals surface area contributed by atoms with E-state index in [9.17, 15) is 4.79 Å². The largest absolute Gasteiger partial charge is 0.324 e. The third kappa shape index (κ3) is 3.47. The molecule has 1 heterocycles. The molecule has 7 heteroatoms. The van der Waals surface area contributed by atoms with Crippen LogP contribution in [0.3, 0.4) is 0 Å². The monoisotopic (exact) mass is 360 g/mol. The van der Waals surface area contributed by atoms with Crippen molar-refractivity contribution in [3.63, 3.8) is 0 Å². The Kier molecular flexibility index (Phi) is 4.54. The summed E-state index contributed by atoms with van der Waals surface area (Å²) in [6.45, 7) is 0. The molecule has 1 aromatic carbocycles. The third-order valence-corrected chi connectivity index (χ3v) is 6.00. The molecule has 0 unspecified atom stereocenters. The molecule has 5 nitrogen and oxygen atoms in total. The molecule has 2 aromatic rings. The van der Waals surface area contributed by atoms with Gasteiger partial charge >= 0.3 is 0 Å². The molecule has 0 saturated heterocycles. The lowest BCUT2D eigenvalue weighted by molar-refractivity contribution is -0.113. The number of hydrogen-bond donors (Lipinski definition) is 1. The summed E-state index contributed by atoms with van der Waals surface area (Å²) in [4.78, 5) is 13.4. The highest BCUT2D eigenvalue weighted by atomic mass is 32.2. The van der Waals surface area contributed by atoms with Gasteiger partial charge in [-0.2, -0.15) is 0 Å². The van der Waals surface area contributed by atoms with E-state index in [0.717, 1.165) is 21.6 Å². The summed E-state index contributed by atoms with van der Waals surface area (Å²) < 4.78 is 2.28. The molecular formula is C17H20N4OS2. The highest BCUT2D eigenvalue weighted by Crippen LogP contribution is 2.46.